The average molecular weight is 510 g/mol. The SMILES string of the molecule is CN(C)C[C@@H]1CCc2ccc(Nc3ncc4c(N)n(-c5c(Cl)cccc5Cl)c(=O)nc4n3)cc2C1. The van der Waals surface area contributed by atoms with Crippen molar-refractivity contribution in [2.24, 2.45) is 5.92 Å². The van der Waals surface area contributed by atoms with Gasteiger partial charge in [-0.3, -0.25) is 0 Å². The summed E-state index contributed by atoms with van der Waals surface area (Å²) in [6.45, 7) is 1.08. The molecule has 0 bridgehead atoms. The molecule has 4 aromatic rings. The number of nitrogens with one attached hydrogen (secondary N) is 1. The number of benzene rings is 2. The number of halogens is 2. The van der Waals surface area contributed by atoms with Crippen molar-refractivity contribution in [1.82, 2.24) is 24.4 Å². The van der Waals surface area contributed by atoms with Gasteiger partial charge in [-0.1, -0.05) is 35.3 Å². The predicted octanol–water partition coefficient (Wildman–Crippen LogP) is 4.47. The third kappa shape index (κ3) is 4.69. The molecule has 0 unspecified atom stereocenters. The Balaban J connectivity index is 1.46. The second-order valence-electron chi connectivity index (χ2n) is 9.10. The second-order valence-corrected chi connectivity index (χ2v) is 9.91. The predicted molar refractivity (Wildman–Crippen MR) is 141 cm³/mol. The first kappa shape index (κ1) is 23.5. The standard InChI is InChI=1S/C25H25Cl2N7O/c1-33(2)13-14-6-7-15-8-9-17(11-16(15)10-14)30-24-29-12-18-22(28)34(25(35)32-23(18)31-24)21-19(26)4-3-5-20(21)27/h3-5,8-9,11-12,14H,6-7,10,13,28H2,1-2H3,(H,30,31,32,35)/t14-/m1/s1. The highest BCUT2D eigenvalue weighted by molar-refractivity contribution is 6.37. The van der Waals surface area contributed by atoms with E-state index in [0.717, 1.165) is 25.1 Å². The van der Waals surface area contributed by atoms with Crippen molar-refractivity contribution in [1.29, 1.82) is 0 Å². The molecule has 1 aliphatic carbocycles. The molecule has 0 radical (unpaired) electrons. The van der Waals surface area contributed by atoms with Crippen molar-refractivity contribution >= 4 is 51.7 Å². The summed E-state index contributed by atoms with van der Waals surface area (Å²) in [4.78, 5) is 28.1. The van der Waals surface area contributed by atoms with Gasteiger partial charge < -0.3 is 16.0 Å². The van der Waals surface area contributed by atoms with E-state index in [0.29, 0.717) is 17.3 Å². The van der Waals surface area contributed by atoms with Gasteiger partial charge in [-0.15, -0.1) is 0 Å². The van der Waals surface area contributed by atoms with Crippen LogP contribution in [0.4, 0.5) is 17.5 Å². The van der Waals surface area contributed by atoms with E-state index in [-0.39, 0.29) is 27.2 Å². The molecule has 0 amide bonds. The van der Waals surface area contributed by atoms with Crippen LogP contribution in [-0.2, 0) is 12.8 Å². The van der Waals surface area contributed by atoms with Crippen molar-refractivity contribution < 1.29 is 0 Å². The average Bonchev–Trinajstić information content (AvgIpc) is 2.80. The molecule has 2 heterocycles. The monoisotopic (exact) mass is 509 g/mol. The molecular weight excluding hydrogens is 485 g/mol. The first-order valence-electron chi connectivity index (χ1n) is 11.3. The molecule has 180 valence electrons. The molecule has 0 aliphatic heterocycles. The molecule has 0 saturated heterocycles. The lowest BCUT2D eigenvalue weighted by Crippen LogP contribution is -2.26. The van der Waals surface area contributed by atoms with E-state index in [1.807, 2.05) is 6.07 Å². The Kier molecular flexibility index (Phi) is 6.35. The lowest BCUT2D eigenvalue weighted by molar-refractivity contribution is 0.303. The molecule has 0 fully saturated rings. The Morgan fingerprint density at radius 3 is 2.66 bits per heavy atom. The molecule has 2 aromatic heterocycles. The number of hydrogen-bond acceptors (Lipinski definition) is 7. The summed E-state index contributed by atoms with van der Waals surface area (Å²) in [6.07, 6.45) is 4.88. The highest BCUT2D eigenvalue weighted by Crippen LogP contribution is 2.31. The Hall–Kier alpha value is -3.20. The van der Waals surface area contributed by atoms with Gasteiger partial charge in [0.15, 0.2) is 5.65 Å². The Morgan fingerprint density at radius 1 is 1.14 bits per heavy atom. The van der Waals surface area contributed by atoms with Gasteiger partial charge in [0.1, 0.15) is 5.82 Å². The first-order chi connectivity index (χ1) is 16.8. The smallest absolute Gasteiger partial charge is 0.355 e. The number of nitrogens with two attached hydrogens (primary N) is 1. The summed E-state index contributed by atoms with van der Waals surface area (Å²) < 4.78 is 1.18. The molecule has 3 N–H and O–H groups in total. The van der Waals surface area contributed by atoms with Crippen molar-refractivity contribution in [3.05, 3.63) is 74.3 Å². The van der Waals surface area contributed by atoms with Gasteiger partial charge in [-0.2, -0.15) is 9.97 Å². The summed E-state index contributed by atoms with van der Waals surface area (Å²) in [6, 6.07) is 11.3. The number of nitrogen functional groups attached to an aromatic ring is 1. The normalized spacial score (nSPS) is 15.4. The zero-order valence-corrected chi connectivity index (χ0v) is 20.9. The molecule has 1 aliphatic rings. The van der Waals surface area contributed by atoms with Gasteiger partial charge >= 0.3 is 5.69 Å². The second kappa shape index (κ2) is 9.45. The van der Waals surface area contributed by atoms with Crippen molar-refractivity contribution in [2.45, 2.75) is 19.3 Å². The summed E-state index contributed by atoms with van der Waals surface area (Å²) in [5.74, 6) is 1.09. The molecule has 0 saturated carbocycles. The van der Waals surface area contributed by atoms with Gasteiger partial charge in [-0.05, 0) is 74.7 Å². The third-order valence-corrected chi connectivity index (χ3v) is 6.87. The minimum atomic E-state index is -0.629. The van der Waals surface area contributed by atoms with Crippen LogP contribution in [0.1, 0.15) is 17.5 Å². The number of aryl methyl sites for hydroxylation is 1. The minimum absolute atomic E-state index is 0.113. The Labute approximate surface area is 212 Å². The molecule has 2 aromatic carbocycles. The maximum atomic E-state index is 12.9. The molecule has 5 rings (SSSR count). The van der Waals surface area contributed by atoms with E-state index in [1.165, 1.54) is 22.1 Å². The lowest BCUT2D eigenvalue weighted by atomic mass is 9.83. The Morgan fingerprint density at radius 2 is 1.91 bits per heavy atom. The first-order valence-corrected chi connectivity index (χ1v) is 12.1. The van der Waals surface area contributed by atoms with Crippen molar-refractivity contribution in [3.8, 4) is 5.69 Å². The number of fused-ring (bicyclic) bond motifs is 2. The van der Waals surface area contributed by atoms with Crippen LogP contribution < -0.4 is 16.7 Å². The van der Waals surface area contributed by atoms with Crippen LogP contribution >= 0.6 is 23.2 Å². The summed E-state index contributed by atoms with van der Waals surface area (Å²) in [5.41, 5.74) is 9.77. The largest absolute Gasteiger partial charge is 0.384 e. The van der Waals surface area contributed by atoms with Crippen molar-refractivity contribution in [2.75, 3.05) is 31.7 Å². The Bertz CT molecular complexity index is 1460. The molecular formula is C25H25Cl2N7O. The summed E-state index contributed by atoms with van der Waals surface area (Å²) in [7, 11) is 4.23. The molecule has 35 heavy (non-hydrogen) atoms. The zero-order valence-electron chi connectivity index (χ0n) is 19.4. The van der Waals surface area contributed by atoms with E-state index in [9.17, 15) is 4.79 Å². The number of rotatable bonds is 5. The van der Waals surface area contributed by atoms with Crippen LogP contribution in [0.3, 0.4) is 0 Å². The summed E-state index contributed by atoms with van der Waals surface area (Å²) >= 11 is 12.6. The van der Waals surface area contributed by atoms with Gasteiger partial charge in [0.05, 0.1) is 21.1 Å². The van der Waals surface area contributed by atoms with Gasteiger partial charge in [0, 0.05) is 18.4 Å². The number of hydrogen-bond donors (Lipinski definition) is 2. The molecule has 8 nitrogen and oxygen atoms in total. The fourth-order valence-corrected chi connectivity index (χ4v) is 5.26. The van der Waals surface area contributed by atoms with Gasteiger partial charge in [0.2, 0.25) is 5.95 Å². The highest BCUT2D eigenvalue weighted by Gasteiger charge is 2.20. The zero-order chi connectivity index (χ0) is 24.7. The minimum Gasteiger partial charge on any atom is -0.384 e. The topological polar surface area (TPSA) is 102 Å². The quantitative estimate of drug-likeness (QED) is 0.408. The fraction of sp³-hybridized carbons (Fsp3) is 0.280. The van der Waals surface area contributed by atoms with Crippen LogP contribution in [0, 0.1) is 5.92 Å². The molecule has 0 spiro atoms. The number of aromatic nitrogens is 4. The van der Waals surface area contributed by atoms with Gasteiger partial charge in [0.25, 0.3) is 0 Å². The molecule has 1 atom stereocenters. The van der Waals surface area contributed by atoms with E-state index in [1.54, 1.807) is 24.4 Å². The van der Waals surface area contributed by atoms with Gasteiger partial charge in [-0.25, -0.2) is 14.3 Å². The highest BCUT2D eigenvalue weighted by atomic mass is 35.5. The molecule has 10 heteroatoms. The van der Waals surface area contributed by atoms with E-state index >= 15 is 0 Å². The maximum Gasteiger partial charge on any atom is 0.355 e. The van der Waals surface area contributed by atoms with E-state index in [4.69, 9.17) is 28.9 Å². The fourth-order valence-electron chi connectivity index (χ4n) is 4.69. The van der Waals surface area contributed by atoms with Crippen LogP contribution in [0.2, 0.25) is 10.0 Å². The number of nitrogens with zero attached hydrogens (tertiary/aromatic N) is 5. The van der Waals surface area contributed by atoms with Crippen LogP contribution in [0.25, 0.3) is 16.7 Å². The lowest BCUT2D eigenvalue weighted by Gasteiger charge is -2.27. The van der Waals surface area contributed by atoms with Crippen LogP contribution in [-0.4, -0.2) is 45.1 Å². The third-order valence-electron chi connectivity index (χ3n) is 6.26. The maximum absolute atomic E-state index is 12.9. The van der Waals surface area contributed by atoms with E-state index in [2.05, 4.69) is 51.4 Å². The van der Waals surface area contributed by atoms with Crippen LogP contribution in [0.5, 0.6) is 0 Å². The van der Waals surface area contributed by atoms with E-state index < -0.39 is 5.69 Å². The number of para-hydroxylation sites is 1. The van der Waals surface area contributed by atoms with Crippen LogP contribution in [0.15, 0.2) is 47.4 Å². The summed E-state index contributed by atoms with van der Waals surface area (Å²) in [5, 5.41) is 4.23. The number of anilines is 3. The van der Waals surface area contributed by atoms with Crippen molar-refractivity contribution in [3.63, 3.8) is 0 Å².